The summed E-state index contributed by atoms with van der Waals surface area (Å²) in [6.07, 6.45) is 1.95. The molecule has 7 nitrogen and oxygen atoms in total. The van der Waals surface area contributed by atoms with Gasteiger partial charge in [0.1, 0.15) is 0 Å². The van der Waals surface area contributed by atoms with Crippen LogP contribution in [0.25, 0.3) is 28.0 Å². The third-order valence-corrected chi connectivity index (χ3v) is 6.97. The Balaban J connectivity index is 1.48. The average molecular weight is 494 g/mol. The van der Waals surface area contributed by atoms with E-state index in [1.54, 1.807) is 6.92 Å². The van der Waals surface area contributed by atoms with Crippen molar-refractivity contribution in [1.29, 1.82) is 0 Å². The van der Waals surface area contributed by atoms with Gasteiger partial charge in [0.15, 0.2) is 17.3 Å². The van der Waals surface area contributed by atoms with Gasteiger partial charge in [-0.1, -0.05) is 42.5 Å². The number of benzene rings is 3. The third kappa shape index (κ3) is 4.12. The summed E-state index contributed by atoms with van der Waals surface area (Å²) < 4.78 is 14.4. The third-order valence-electron chi connectivity index (χ3n) is 6.97. The van der Waals surface area contributed by atoms with Gasteiger partial charge in [0.25, 0.3) is 0 Å². The van der Waals surface area contributed by atoms with Crippen molar-refractivity contribution < 1.29 is 19.1 Å². The summed E-state index contributed by atoms with van der Waals surface area (Å²) in [4.78, 5) is 28.2. The predicted octanol–water partition coefficient (Wildman–Crippen LogP) is 5.08. The van der Waals surface area contributed by atoms with Crippen LogP contribution in [0.15, 0.2) is 79.0 Å². The summed E-state index contributed by atoms with van der Waals surface area (Å²) >= 11 is 0. The zero-order valence-corrected chi connectivity index (χ0v) is 20.8. The molecule has 7 heteroatoms. The van der Waals surface area contributed by atoms with Gasteiger partial charge in [0.05, 0.1) is 11.4 Å². The maximum atomic E-state index is 12.2. The second-order valence-electron chi connectivity index (χ2n) is 9.29. The Morgan fingerprint density at radius 1 is 0.865 bits per heavy atom. The first-order chi connectivity index (χ1) is 18.0. The van der Waals surface area contributed by atoms with E-state index in [0.29, 0.717) is 30.4 Å². The van der Waals surface area contributed by atoms with Crippen LogP contribution in [0.3, 0.4) is 0 Å². The van der Waals surface area contributed by atoms with Gasteiger partial charge in [0.2, 0.25) is 5.91 Å². The molecule has 3 aromatic carbocycles. The smallest absolute Gasteiger partial charge is 0.308 e. The van der Waals surface area contributed by atoms with Crippen LogP contribution in [-0.2, 0) is 14.3 Å². The minimum atomic E-state index is -0.418. The van der Waals surface area contributed by atoms with Crippen molar-refractivity contribution in [3.63, 3.8) is 0 Å². The maximum Gasteiger partial charge on any atom is 0.308 e. The lowest BCUT2D eigenvalue weighted by Gasteiger charge is -2.36. The Labute approximate surface area is 215 Å². The normalized spacial score (nSPS) is 15.1. The van der Waals surface area contributed by atoms with E-state index in [1.807, 2.05) is 70.3 Å². The molecule has 4 aromatic rings. The van der Waals surface area contributed by atoms with E-state index in [1.165, 1.54) is 6.92 Å². The molecule has 1 amide bonds. The number of esters is 1. The van der Waals surface area contributed by atoms with Crippen LogP contribution >= 0.6 is 0 Å². The minimum absolute atomic E-state index is 0.108. The second kappa shape index (κ2) is 9.17. The highest BCUT2D eigenvalue weighted by Gasteiger charge is 2.28. The van der Waals surface area contributed by atoms with Gasteiger partial charge >= 0.3 is 5.97 Å². The van der Waals surface area contributed by atoms with Crippen molar-refractivity contribution in [2.24, 2.45) is 0 Å². The van der Waals surface area contributed by atoms with Gasteiger partial charge in [-0.25, -0.2) is 0 Å². The lowest BCUT2D eigenvalue weighted by Crippen LogP contribution is -2.48. The number of aromatic nitrogens is 1. The molecule has 2 aliphatic heterocycles. The number of ether oxygens (including phenoxy) is 2. The molecule has 0 aliphatic carbocycles. The monoisotopic (exact) mass is 493 g/mol. The predicted molar refractivity (Wildman–Crippen MR) is 143 cm³/mol. The number of fused-ring (bicyclic) bond motifs is 4. The number of carbonyl (C=O) groups excluding carboxylic acids is 2. The molecule has 186 valence electrons. The number of piperazine rings is 1. The van der Waals surface area contributed by atoms with E-state index in [4.69, 9.17) is 9.47 Å². The van der Waals surface area contributed by atoms with E-state index in [2.05, 4.69) is 23.1 Å². The molecule has 3 heterocycles. The molecular formula is C30H27N3O4. The first-order valence-electron chi connectivity index (χ1n) is 12.4. The Kier molecular flexibility index (Phi) is 5.68. The van der Waals surface area contributed by atoms with Crippen LogP contribution < -0.4 is 9.64 Å². The molecule has 1 saturated heterocycles. The first-order valence-corrected chi connectivity index (χ1v) is 12.4. The van der Waals surface area contributed by atoms with Gasteiger partial charge in [-0.05, 0) is 41.1 Å². The summed E-state index contributed by atoms with van der Waals surface area (Å²) in [6.45, 7) is 5.93. The number of nitrogens with zero attached hydrogens (tertiary/aromatic N) is 3. The number of carbonyl (C=O) groups is 2. The molecule has 0 unspecified atom stereocenters. The Morgan fingerprint density at radius 2 is 1.65 bits per heavy atom. The number of amides is 1. The van der Waals surface area contributed by atoms with Crippen LogP contribution in [0.2, 0.25) is 0 Å². The number of rotatable bonds is 3. The van der Waals surface area contributed by atoms with E-state index < -0.39 is 5.97 Å². The zero-order chi connectivity index (χ0) is 25.5. The lowest BCUT2D eigenvalue weighted by molar-refractivity contribution is -0.134. The van der Waals surface area contributed by atoms with Crippen molar-refractivity contribution in [3.05, 3.63) is 90.3 Å². The van der Waals surface area contributed by atoms with E-state index in [9.17, 15) is 9.59 Å². The molecule has 1 aromatic heterocycles. The van der Waals surface area contributed by atoms with Crippen LogP contribution in [0, 0.1) is 0 Å². The summed E-state index contributed by atoms with van der Waals surface area (Å²) in [5.41, 5.74) is 3.48. The summed E-state index contributed by atoms with van der Waals surface area (Å²) in [6, 6.07) is 24.1. The van der Waals surface area contributed by atoms with Crippen molar-refractivity contribution in [2.45, 2.75) is 13.8 Å². The molecule has 0 spiro atoms. The van der Waals surface area contributed by atoms with Gasteiger partial charge in [-0.15, -0.1) is 0 Å². The largest absolute Gasteiger partial charge is 0.450 e. The SMILES string of the molecule is CC(=O)OC1=C(c2cccc3ccccc23)Oc2ccc(N3CCN(C(C)=O)CC3)cc2-n2cccc21. The maximum absolute atomic E-state index is 12.2. The van der Waals surface area contributed by atoms with Crippen LogP contribution in [0.1, 0.15) is 25.1 Å². The molecular weight excluding hydrogens is 466 g/mol. The number of anilines is 1. The van der Waals surface area contributed by atoms with Crippen molar-refractivity contribution in [1.82, 2.24) is 9.47 Å². The zero-order valence-electron chi connectivity index (χ0n) is 20.8. The molecule has 6 rings (SSSR count). The summed E-state index contributed by atoms with van der Waals surface area (Å²) in [5.74, 6) is 1.22. The van der Waals surface area contributed by atoms with Crippen molar-refractivity contribution in [2.75, 3.05) is 31.1 Å². The fraction of sp³-hybridized carbons (Fsp3) is 0.200. The molecule has 0 bridgehead atoms. The second-order valence-corrected chi connectivity index (χ2v) is 9.29. The highest BCUT2D eigenvalue weighted by molar-refractivity contribution is 6.00. The molecule has 0 N–H and O–H groups in total. The summed E-state index contributed by atoms with van der Waals surface area (Å²) in [5, 5.41) is 2.07. The topological polar surface area (TPSA) is 64.0 Å². The van der Waals surface area contributed by atoms with E-state index in [-0.39, 0.29) is 5.91 Å². The standard InChI is InChI=1S/C30H27N3O4/c1-20(34)31-15-17-32(18-16-31)23-12-13-28-27(19-23)33-14-6-11-26(33)30(36-21(2)35)29(37-28)25-10-5-8-22-7-3-4-9-24(22)25/h3-14,19H,15-18H2,1-2H3. The van der Waals surface area contributed by atoms with Crippen molar-refractivity contribution in [3.8, 4) is 11.4 Å². The Hall–Kier alpha value is -4.52. The Morgan fingerprint density at radius 3 is 2.43 bits per heavy atom. The fourth-order valence-electron chi connectivity index (χ4n) is 5.15. The fourth-order valence-corrected chi connectivity index (χ4v) is 5.15. The van der Waals surface area contributed by atoms with Gasteiger partial charge in [0, 0.05) is 57.5 Å². The average Bonchev–Trinajstić information content (AvgIpc) is 3.36. The molecule has 1 fully saturated rings. The quantitative estimate of drug-likeness (QED) is 0.373. The Bertz CT molecular complexity index is 1550. The van der Waals surface area contributed by atoms with Crippen LogP contribution in [-0.4, -0.2) is 47.5 Å². The molecule has 37 heavy (non-hydrogen) atoms. The van der Waals surface area contributed by atoms with Crippen molar-refractivity contribution >= 4 is 39.9 Å². The van der Waals surface area contributed by atoms with Gasteiger partial charge in [-0.2, -0.15) is 0 Å². The molecule has 0 saturated carbocycles. The highest BCUT2D eigenvalue weighted by atomic mass is 16.6. The van der Waals surface area contributed by atoms with Crippen LogP contribution in [0.5, 0.6) is 5.75 Å². The molecule has 0 atom stereocenters. The molecule has 2 aliphatic rings. The highest BCUT2D eigenvalue weighted by Crippen LogP contribution is 2.41. The van der Waals surface area contributed by atoms with E-state index >= 15 is 0 Å². The summed E-state index contributed by atoms with van der Waals surface area (Å²) in [7, 11) is 0. The van der Waals surface area contributed by atoms with Crippen LogP contribution in [0.4, 0.5) is 5.69 Å². The van der Waals surface area contributed by atoms with E-state index in [0.717, 1.165) is 46.5 Å². The molecule has 0 radical (unpaired) electrons. The van der Waals surface area contributed by atoms with Gasteiger partial charge < -0.3 is 23.8 Å². The lowest BCUT2D eigenvalue weighted by atomic mass is 10.0. The number of hydrogen-bond acceptors (Lipinski definition) is 5. The van der Waals surface area contributed by atoms with Gasteiger partial charge in [-0.3, -0.25) is 9.59 Å². The minimum Gasteiger partial charge on any atom is -0.450 e. The first kappa shape index (κ1) is 22.9. The number of hydrogen-bond donors (Lipinski definition) is 0.